The summed E-state index contributed by atoms with van der Waals surface area (Å²) in [6.07, 6.45) is 4.23. The summed E-state index contributed by atoms with van der Waals surface area (Å²) in [7, 11) is 0. The molecule has 3 N–H and O–H groups in total. The lowest BCUT2D eigenvalue weighted by molar-refractivity contribution is -0.303. The van der Waals surface area contributed by atoms with E-state index < -0.39 is 0 Å². The maximum Gasteiger partial charge on any atom is 0.157 e. The second-order valence-electron chi connectivity index (χ2n) is 5.32. The first-order valence-corrected chi connectivity index (χ1v) is 6.93. The van der Waals surface area contributed by atoms with Gasteiger partial charge in [0, 0.05) is 6.42 Å². The molecule has 0 aromatic carbocycles. The van der Waals surface area contributed by atoms with E-state index in [-0.39, 0.29) is 18.0 Å². The smallest absolute Gasteiger partial charge is 0.157 e. The van der Waals surface area contributed by atoms with Crippen LogP contribution in [0.5, 0.6) is 0 Å². The Morgan fingerprint density at radius 2 is 1.53 bits per heavy atom. The Balaban J connectivity index is 1.70. The molecule has 2 fully saturated rings. The molecule has 1 spiro atoms. The number of hydrogen-bond donors (Lipinski definition) is 2. The van der Waals surface area contributed by atoms with E-state index in [2.05, 4.69) is 0 Å². The van der Waals surface area contributed by atoms with Crippen LogP contribution in [0.25, 0.3) is 0 Å². The molecule has 0 saturated carbocycles. The third kappa shape index (κ3) is 4.22. The molecule has 6 heteroatoms. The maximum absolute atomic E-state index is 7.00. The maximum atomic E-state index is 7.00. The van der Waals surface area contributed by atoms with Gasteiger partial charge in [-0.3, -0.25) is 0 Å². The zero-order chi connectivity index (χ0) is 13.6. The molecule has 0 aromatic rings. The number of nitrogens with two attached hydrogens (primary N) is 1. The Morgan fingerprint density at radius 3 is 2.00 bits per heavy atom. The molecule has 2 aliphatic rings. The minimum absolute atomic E-state index is 0.134. The van der Waals surface area contributed by atoms with Gasteiger partial charge in [0.2, 0.25) is 0 Å². The molecule has 0 bridgehead atoms. The molecule has 0 radical (unpaired) electrons. The SMILES string of the molecule is N=CCCC1OCC2(CO1)COC(CCCN)OC2. The van der Waals surface area contributed by atoms with Gasteiger partial charge in [-0.25, -0.2) is 0 Å². The van der Waals surface area contributed by atoms with Gasteiger partial charge in [0.15, 0.2) is 12.6 Å². The van der Waals surface area contributed by atoms with Crippen molar-refractivity contribution in [1.29, 1.82) is 5.41 Å². The molecule has 19 heavy (non-hydrogen) atoms. The van der Waals surface area contributed by atoms with Crippen molar-refractivity contribution in [2.24, 2.45) is 11.1 Å². The first kappa shape index (κ1) is 14.9. The Bertz CT molecular complexity index is 270. The number of ether oxygens (including phenoxy) is 4. The van der Waals surface area contributed by atoms with Crippen molar-refractivity contribution in [3.05, 3.63) is 0 Å². The predicted molar refractivity (Wildman–Crippen MR) is 70.1 cm³/mol. The zero-order valence-corrected chi connectivity index (χ0v) is 11.3. The van der Waals surface area contributed by atoms with E-state index in [0.717, 1.165) is 19.3 Å². The molecule has 0 aliphatic carbocycles. The van der Waals surface area contributed by atoms with Crippen molar-refractivity contribution in [3.8, 4) is 0 Å². The van der Waals surface area contributed by atoms with E-state index in [9.17, 15) is 0 Å². The fraction of sp³-hybridized carbons (Fsp3) is 0.923. The highest BCUT2D eigenvalue weighted by Gasteiger charge is 2.41. The molecule has 6 nitrogen and oxygen atoms in total. The molecule has 2 heterocycles. The zero-order valence-electron chi connectivity index (χ0n) is 11.3. The largest absolute Gasteiger partial charge is 0.352 e. The number of hydrogen-bond acceptors (Lipinski definition) is 6. The average molecular weight is 272 g/mol. The number of nitrogens with one attached hydrogen (secondary N) is 1. The first-order valence-electron chi connectivity index (χ1n) is 6.93. The van der Waals surface area contributed by atoms with Gasteiger partial charge < -0.3 is 30.1 Å². The molecule has 2 saturated heterocycles. The van der Waals surface area contributed by atoms with Crippen LogP contribution in [-0.4, -0.2) is 51.8 Å². The van der Waals surface area contributed by atoms with Crippen molar-refractivity contribution in [3.63, 3.8) is 0 Å². The van der Waals surface area contributed by atoms with Crippen LogP contribution >= 0.6 is 0 Å². The van der Waals surface area contributed by atoms with E-state index >= 15 is 0 Å². The van der Waals surface area contributed by atoms with Crippen LogP contribution in [0, 0.1) is 10.8 Å². The highest BCUT2D eigenvalue weighted by atomic mass is 16.7. The summed E-state index contributed by atoms with van der Waals surface area (Å²) in [5.74, 6) is 0. The second-order valence-corrected chi connectivity index (χ2v) is 5.32. The van der Waals surface area contributed by atoms with Gasteiger partial charge >= 0.3 is 0 Å². The monoisotopic (exact) mass is 272 g/mol. The Kier molecular flexibility index (Phi) is 5.72. The lowest BCUT2D eigenvalue weighted by Gasteiger charge is -2.43. The van der Waals surface area contributed by atoms with Gasteiger partial charge in [-0.15, -0.1) is 0 Å². The lowest BCUT2D eigenvalue weighted by atomic mass is 9.90. The van der Waals surface area contributed by atoms with Crippen LogP contribution < -0.4 is 5.73 Å². The van der Waals surface area contributed by atoms with Gasteiger partial charge in [-0.1, -0.05) is 0 Å². The molecule has 0 amide bonds. The molecule has 0 atom stereocenters. The number of rotatable bonds is 6. The van der Waals surface area contributed by atoms with Crippen LogP contribution in [-0.2, 0) is 18.9 Å². The van der Waals surface area contributed by atoms with Gasteiger partial charge in [0.1, 0.15) is 0 Å². The highest BCUT2D eigenvalue weighted by molar-refractivity contribution is 5.52. The minimum Gasteiger partial charge on any atom is -0.352 e. The van der Waals surface area contributed by atoms with Crippen LogP contribution in [0.1, 0.15) is 25.7 Å². The summed E-state index contributed by atoms with van der Waals surface area (Å²) < 4.78 is 22.8. The molecular formula is C13H24N2O4. The lowest BCUT2D eigenvalue weighted by Crippen LogP contribution is -2.52. The van der Waals surface area contributed by atoms with Gasteiger partial charge in [-0.05, 0) is 32.0 Å². The van der Waals surface area contributed by atoms with E-state index in [4.69, 9.17) is 30.1 Å². The summed E-state index contributed by atoms with van der Waals surface area (Å²) >= 11 is 0. The fourth-order valence-electron chi connectivity index (χ4n) is 2.26. The van der Waals surface area contributed by atoms with E-state index in [1.165, 1.54) is 6.21 Å². The van der Waals surface area contributed by atoms with Gasteiger partial charge in [0.05, 0.1) is 31.8 Å². The van der Waals surface area contributed by atoms with Crippen molar-refractivity contribution < 1.29 is 18.9 Å². The summed E-state index contributed by atoms with van der Waals surface area (Å²) in [4.78, 5) is 0. The Hall–Kier alpha value is -0.530. The Labute approximate surface area is 114 Å². The molecular weight excluding hydrogens is 248 g/mol. The molecule has 2 aliphatic heterocycles. The molecule has 0 aromatic heterocycles. The predicted octanol–water partition coefficient (Wildman–Crippen LogP) is 0.887. The average Bonchev–Trinajstić information content (AvgIpc) is 2.46. The second kappa shape index (κ2) is 7.31. The normalized spacial score (nSPS) is 35.4. The molecule has 0 unspecified atom stereocenters. The van der Waals surface area contributed by atoms with Crippen LogP contribution in [0.4, 0.5) is 0 Å². The standard InChI is InChI=1S/C13H24N2O4/c14-5-1-3-11-16-7-13(8-17-11)9-18-12(19-10-13)4-2-6-15/h5,11-12,14H,1-4,6-10,15H2. The third-order valence-corrected chi connectivity index (χ3v) is 3.49. The topological polar surface area (TPSA) is 86.8 Å². The van der Waals surface area contributed by atoms with Crippen LogP contribution in [0.3, 0.4) is 0 Å². The summed E-state index contributed by atoms with van der Waals surface area (Å²) in [6.45, 7) is 3.08. The van der Waals surface area contributed by atoms with E-state index in [1.54, 1.807) is 0 Å². The summed E-state index contributed by atoms with van der Waals surface area (Å²) in [5.41, 5.74) is 5.30. The minimum atomic E-state index is -0.192. The summed E-state index contributed by atoms with van der Waals surface area (Å²) in [5, 5.41) is 7.00. The molecule has 110 valence electrons. The van der Waals surface area contributed by atoms with Gasteiger partial charge in [0.25, 0.3) is 0 Å². The van der Waals surface area contributed by atoms with Crippen molar-refractivity contribution in [1.82, 2.24) is 0 Å². The van der Waals surface area contributed by atoms with Crippen molar-refractivity contribution >= 4 is 6.21 Å². The van der Waals surface area contributed by atoms with Crippen molar-refractivity contribution in [2.75, 3.05) is 33.0 Å². The van der Waals surface area contributed by atoms with Gasteiger partial charge in [-0.2, -0.15) is 0 Å². The first-order chi connectivity index (χ1) is 9.28. The van der Waals surface area contributed by atoms with E-state index in [0.29, 0.717) is 39.4 Å². The quantitative estimate of drug-likeness (QED) is 0.701. The van der Waals surface area contributed by atoms with Crippen LogP contribution in [0.15, 0.2) is 0 Å². The third-order valence-electron chi connectivity index (χ3n) is 3.49. The molecule has 2 rings (SSSR count). The van der Waals surface area contributed by atoms with Crippen molar-refractivity contribution in [2.45, 2.75) is 38.3 Å². The van der Waals surface area contributed by atoms with E-state index in [1.807, 2.05) is 0 Å². The Morgan fingerprint density at radius 1 is 1.00 bits per heavy atom. The fourth-order valence-corrected chi connectivity index (χ4v) is 2.26. The van der Waals surface area contributed by atoms with Crippen LogP contribution in [0.2, 0.25) is 0 Å². The highest BCUT2D eigenvalue weighted by Crippen LogP contribution is 2.31. The summed E-state index contributed by atoms with van der Waals surface area (Å²) in [6, 6.07) is 0.